The number of hydrogen-bond donors (Lipinski definition) is 0. The van der Waals surface area contributed by atoms with Crippen LogP contribution in [0.2, 0.25) is 0 Å². The number of anilines is 1. The van der Waals surface area contributed by atoms with Gasteiger partial charge in [0.1, 0.15) is 12.0 Å². The van der Waals surface area contributed by atoms with Gasteiger partial charge in [-0.25, -0.2) is 9.97 Å². The highest BCUT2D eigenvalue weighted by molar-refractivity contribution is 5.97. The van der Waals surface area contributed by atoms with Gasteiger partial charge in [-0.3, -0.25) is 14.0 Å². The first-order chi connectivity index (χ1) is 12.1. The number of amides is 1. The third-order valence-corrected chi connectivity index (χ3v) is 4.28. The van der Waals surface area contributed by atoms with Crippen LogP contribution in [0, 0.1) is 0 Å². The summed E-state index contributed by atoms with van der Waals surface area (Å²) in [6.45, 7) is 3.44. The number of carbonyl (C=O) groups is 2. The van der Waals surface area contributed by atoms with E-state index in [2.05, 4.69) is 9.97 Å². The number of aromatic nitrogens is 3. The molecule has 3 aromatic rings. The first kappa shape index (κ1) is 15.3. The maximum Gasteiger partial charge on any atom is 0.309 e. The third-order valence-electron chi connectivity index (χ3n) is 4.28. The molecule has 0 fully saturated rings. The van der Waals surface area contributed by atoms with Crippen molar-refractivity contribution in [1.82, 2.24) is 14.4 Å². The molecule has 126 valence electrons. The standard InChI is InChI=1S/C18H16N4O3/c1-11(23)21-8-7-14-17(13-5-3-4-6-15(13)21)20-10-22-16(25-12(2)24)9-19-18(14)22/h3-6,9-10H,7-8H2,1-2H3. The molecule has 0 atom stereocenters. The number of rotatable bonds is 1. The molecule has 7 nitrogen and oxygen atoms in total. The van der Waals surface area contributed by atoms with Crippen LogP contribution in [0.5, 0.6) is 5.88 Å². The number of esters is 1. The van der Waals surface area contributed by atoms with Gasteiger partial charge in [-0.15, -0.1) is 0 Å². The minimum Gasteiger partial charge on any atom is -0.407 e. The van der Waals surface area contributed by atoms with Gasteiger partial charge in [0.2, 0.25) is 11.8 Å². The second kappa shape index (κ2) is 5.70. The number of hydrogen-bond acceptors (Lipinski definition) is 5. The number of fused-ring (bicyclic) bond motifs is 5. The molecule has 0 saturated heterocycles. The molecule has 1 amide bonds. The van der Waals surface area contributed by atoms with E-state index >= 15 is 0 Å². The van der Waals surface area contributed by atoms with Crippen LogP contribution < -0.4 is 9.64 Å². The van der Waals surface area contributed by atoms with Crippen molar-refractivity contribution in [1.29, 1.82) is 0 Å². The Morgan fingerprint density at radius 3 is 2.72 bits per heavy atom. The fraction of sp³-hybridized carbons (Fsp3) is 0.222. The Morgan fingerprint density at radius 1 is 1.16 bits per heavy atom. The summed E-state index contributed by atoms with van der Waals surface area (Å²) in [5.41, 5.74) is 4.15. The highest BCUT2D eigenvalue weighted by atomic mass is 16.5. The van der Waals surface area contributed by atoms with E-state index in [0.29, 0.717) is 24.5 Å². The average molecular weight is 336 g/mol. The Labute approximate surface area is 143 Å². The summed E-state index contributed by atoms with van der Waals surface area (Å²) in [5, 5.41) is 0. The van der Waals surface area contributed by atoms with Gasteiger partial charge in [-0.2, -0.15) is 0 Å². The van der Waals surface area contributed by atoms with Crippen LogP contribution in [0.15, 0.2) is 36.8 Å². The Balaban J connectivity index is 1.94. The predicted octanol–water partition coefficient (Wildman–Crippen LogP) is 2.23. The van der Waals surface area contributed by atoms with Gasteiger partial charge in [-0.05, 0) is 12.5 Å². The smallest absolute Gasteiger partial charge is 0.309 e. The van der Waals surface area contributed by atoms with Crippen LogP contribution in [0.25, 0.3) is 16.9 Å². The summed E-state index contributed by atoms with van der Waals surface area (Å²) in [6, 6.07) is 7.71. The van der Waals surface area contributed by atoms with Crippen molar-refractivity contribution in [2.24, 2.45) is 0 Å². The number of imidazole rings is 1. The number of benzene rings is 1. The zero-order chi connectivity index (χ0) is 17.6. The molecule has 1 aromatic carbocycles. The Bertz CT molecular complexity index is 1010. The van der Waals surface area contributed by atoms with E-state index in [1.165, 1.54) is 13.1 Å². The van der Waals surface area contributed by atoms with E-state index in [4.69, 9.17) is 4.74 Å². The molecule has 7 heteroatoms. The Kier molecular flexibility index (Phi) is 3.49. The van der Waals surface area contributed by atoms with Gasteiger partial charge >= 0.3 is 5.97 Å². The van der Waals surface area contributed by atoms with Crippen LogP contribution in [0.4, 0.5) is 5.69 Å². The van der Waals surface area contributed by atoms with Crippen molar-refractivity contribution in [2.75, 3.05) is 11.4 Å². The molecule has 0 spiro atoms. The molecule has 0 bridgehead atoms. The summed E-state index contributed by atoms with van der Waals surface area (Å²) in [6.07, 6.45) is 3.72. The summed E-state index contributed by atoms with van der Waals surface area (Å²) in [4.78, 5) is 34.1. The summed E-state index contributed by atoms with van der Waals surface area (Å²) in [7, 11) is 0. The van der Waals surface area contributed by atoms with Crippen LogP contribution in [0.3, 0.4) is 0 Å². The van der Waals surface area contributed by atoms with Crippen molar-refractivity contribution in [3.8, 4) is 17.1 Å². The monoisotopic (exact) mass is 336 g/mol. The molecule has 0 unspecified atom stereocenters. The van der Waals surface area contributed by atoms with Crippen molar-refractivity contribution >= 4 is 23.2 Å². The maximum absolute atomic E-state index is 12.1. The van der Waals surface area contributed by atoms with Crippen molar-refractivity contribution < 1.29 is 14.3 Å². The first-order valence-electron chi connectivity index (χ1n) is 7.97. The van der Waals surface area contributed by atoms with Crippen LogP contribution >= 0.6 is 0 Å². The molecule has 4 rings (SSSR count). The molecule has 0 saturated carbocycles. The lowest BCUT2D eigenvalue weighted by atomic mass is 10.0. The molecule has 1 aliphatic rings. The molecular weight excluding hydrogens is 320 g/mol. The van der Waals surface area contributed by atoms with E-state index in [9.17, 15) is 9.59 Å². The van der Waals surface area contributed by atoms with Gasteiger partial charge in [0.15, 0.2) is 0 Å². The lowest BCUT2D eigenvalue weighted by molar-refractivity contribution is -0.132. The van der Waals surface area contributed by atoms with Gasteiger partial charge in [-0.1, -0.05) is 18.2 Å². The number of carbonyl (C=O) groups excluding carboxylic acids is 2. The molecule has 3 heterocycles. The quantitative estimate of drug-likeness (QED) is 0.637. The molecule has 25 heavy (non-hydrogen) atoms. The summed E-state index contributed by atoms with van der Waals surface area (Å²) < 4.78 is 6.83. The second-order valence-corrected chi connectivity index (χ2v) is 5.89. The van der Waals surface area contributed by atoms with Crippen molar-refractivity contribution in [3.05, 3.63) is 42.4 Å². The zero-order valence-electron chi connectivity index (χ0n) is 13.9. The molecule has 0 N–H and O–H groups in total. The maximum atomic E-state index is 12.1. The lowest BCUT2D eigenvalue weighted by Gasteiger charge is -2.20. The van der Waals surface area contributed by atoms with Crippen LogP contribution in [0.1, 0.15) is 19.4 Å². The topological polar surface area (TPSA) is 76.8 Å². The largest absolute Gasteiger partial charge is 0.407 e. The van der Waals surface area contributed by atoms with Gasteiger partial charge < -0.3 is 9.64 Å². The molecular formula is C18H16N4O3. The van der Waals surface area contributed by atoms with Crippen LogP contribution in [-0.4, -0.2) is 32.8 Å². The first-order valence-corrected chi connectivity index (χ1v) is 7.97. The van der Waals surface area contributed by atoms with Gasteiger partial charge in [0.05, 0.1) is 17.6 Å². The lowest BCUT2D eigenvalue weighted by Crippen LogP contribution is -2.30. The van der Waals surface area contributed by atoms with Gasteiger partial charge in [0.25, 0.3) is 0 Å². The van der Waals surface area contributed by atoms with E-state index in [1.54, 1.807) is 22.6 Å². The fourth-order valence-corrected chi connectivity index (χ4v) is 3.24. The molecule has 0 radical (unpaired) electrons. The van der Waals surface area contributed by atoms with Crippen LogP contribution in [-0.2, 0) is 16.0 Å². The summed E-state index contributed by atoms with van der Waals surface area (Å²) in [5.74, 6) is -0.0937. The minimum absolute atomic E-state index is 0.0137. The highest BCUT2D eigenvalue weighted by Crippen LogP contribution is 2.36. The normalized spacial score (nSPS) is 13.1. The highest BCUT2D eigenvalue weighted by Gasteiger charge is 2.25. The molecule has 0 aliphatic carbocycles. The zero-order valence-corrected chi connectivity index (χ0v) is 13.9. The Morgan fingerprint density at radius 2 is 1.96 bits per heavy atom. The average Bonchev–Trinajstić information content (AvgIpc) is 2.89. The van der Waals surface area contributed by atoms with Gasteiger partial charge in [0, 0.05) is 31.5 Å². The third kappa shape index (κ3) is 2.44. The fourth-order valence-electron chi connectivity index (χ4n) is 3.24. The van der Waals surface area contributed by atoms with E-state index in [1.807, 2.05) is 24.3 Å². The SMILES string of the molecule is CC(=O)Oc1cnc2c3c(ncn12)-c1ccccc1N(C(C)=O)CC3. The number of nitrogens with zero attached hydrogens (tertiary/aromatic N) is 4. The molecule has 2 aromatic heterocycles. The summed E-state index contributed by atoms with van der Waals surface area (Å²) >= 11 is 0. The minimum atomic E-state index is -0.412. The number of para-hydroxylation sites is 1. The molecule has 1 aliphatic heterocycles. The number of ether oxygens (including phenoxy) is 1. The van der Waals surface area contributed by atoms with E-state index in [0.717, 1.165) is 22.5 Å². The predicted molar refractivity (Wildman–Crippen MR) is 91.5 cm³/mol. The van der Waals surface area contributed by atoms with E-state index in [-0.39, 0.29) is 5.91 Å². The van der Waals surface area contributed by atoms with E-state index < -0.39 is 5.97 Å². The van der Waals surface area contributed by atoms with Crippen molar-refractivity contribution in [2.45, 2.75) is 20.3 Å². The second-order valence-electron chi connectivity index (χ2n) is 5.89. The Hall–Kier alpha value is -3.22. The van der Waals surface area contributed by atoms with Crippen molar-refractivity contribution in [3.63, 3.8) is 0 Å².